The van der Waals surface area contributed by atoms with E-state index in [1.54, 1.807) is 18.5 Å². The van der Waals surface area contributed by atoms with Crippen molar-refractivity contribution in [3.63, 3.8) is 0 Å². The van der Waals surface area contributed by atoms with Gasteiger partial charge >= 0.3 is 11.8 Å². The molecule has 0 aliphatic heterocycles. The lowest BCUT2D eigenvalue weighted by atomic mass is 10.1. The van der Waals surface area contributed by atoms with Crippen molar-refractivity contribution < 1.29 is 9.59 Å². The van der Waals surface area contributed by atoms with Crippen molar-refractivity contribution in [3.8, 4) is 11.1 Å². The van der Waals surface area contributed by atoms with Gasteiger partial charge in [-0.25, -0.2) is 0 Å². The minimum Gasteiger partial charge on any atom is -0.331 e. The molecule has 0 aliphatic carbocycles. The zero-order valence-corrected chi connectivity index (χ0v) is 14.0. The van der Waals surface area contributed by atoms with E-state index in [0.29, 0.717) is 18.8 Å². The number of nitrogens with one attached hydrogen (secondary N) is 1. The lowest BCUT2D eigenvalue weighted by molar-refractivity contribution is -0.142. The zero-order valence-electron chi connectivity index (χ0n) is 14.0. The molecule has 0 bridgehead atoms. The smallest absolute Gasteiger partial charge is 0.313 e. The summed E-state index contributed by atoms with van der Waals surface area (Å²) in [5.74, 6) is -1.22. The summed E-state index contributed by atoms with van der Waals surface area (Å²) >= 11 is 0. The van der Waals surface area contributed by atoms with Crippen LogP contribution in [-0.2, 0) is 9.59 Å². The molecule has 0 fully saturated rings. The van der Waals surface area contributed by atoms with Crippen LogP contribution >= 0.6 is 0 Å². The Morgan fingerprint density at radius 3 is 2.46 bits per heavy atom. The molecular formula is C19H21N3O2. The number of likely N-dealkylation sites (N-methyl/N-ethyl adjacent to an activating group) is 1. The molecule has 24 heavy (non-hydrogen) atoms. The van der Waals surface area contributed by atoms with E-state index in [0.717, 1.165) is 16.7 Å². The van der Waals surface area contributed by atoms with Gasteiger partial charge in [0.1, 0.15) is 0 Å². The number of benzene rings is 1. The summed E-state index contributed by atoms with van der Waals surface area (Å²) in [7, 11) is 0. The molecule has 1 aromatic carbocycles. The second kappa shape index (κ2) is 8.06. The lowest BCUT2D eigenvalue weighted by Gasteiger charge is -2.20. The second-order valence-electron chi connectivity index (χ2n) is 5.51. The molecule has 2 amide bonds. The van der Waals surface area contributed by atoms with Crippen LogP contribution in [0, 0.1) is 0 Å². The Kier molecular flexibility index (Phi) is 5.84. The Morgan fingerprint density at radius 1 is 1.17 bits per heavy atom. The van der Waals surface area contributed by atoms with Gasteiger partial charge in [0.15, 0.2) is 0 Å². The van der Waals surface area contributed by atoms with E-state index in [1.165, 1.54) is 4.90 Å². The van der Waals surface area contributed by atoms with Gasteiger partial charge in [-0.05, 0) is 37.6 Å². The average molecular weight is 323 g/mol. The fourth-order valence-corrected chi connectivity index (χ4v) is 2.35. The minimum absolute atomic E-state index is 0.370. The number of pyridine rings is 1. The Labute approximate surface area is 142 Å². The largest absolute Gasteiger partial charge is 0.331 e. The number of rotatable bonds is 5. The van der Waals surface area contributed by atoms with E-state index < -0.39 is 11.8 Å². The van der Waals surface area contributed by atoms with E-state index in [2.05, 4.69) is 16.9 Å². The van der Waals surface area contributed by atoms with Gasteiger partial charge in [-0.15, -0.1) is 0 Å². The van der Waals surface area contributed by atoms with Gasteiger partial charge in [-0.1, -0.05) is 30.4 Å². The molecule has 0 atom stereocenters. The molecule has 0 saturated heterocycles. The summed E-state index contributed by atoms with van der Waals surface area (Å²) < 4.78 is 0. The SMILES string of the molecule is C=C(C)CN(CC)C(=O)C(=O)Nc1ccccc1-c1ccncc1. The Bertz CT molecular complexity index is 741. The number of carbonyl (C=O) groups is 2. The molecule has 1 heterocycles. The summed E-state index contributed by atoms with van der Waals surface area (Å²) in [6.07, 6.45) is 3.37. The Balaban J connectivity index is 2.21. The molecule has 0 unspecified atom stereocenters. The minimum atomic E-state index is -0.653. The Hall–Kier alpha value is -2.95. The van der Waals surface area contributed by atoms with Crippen LogP contribution in [0.2, 0.25) is 0 Å². The lowest BCUT2D eigenvalue weighted by Crippen LogP contribution is -2.40. The van der Waals surface area contributed by atoms with Gasteiger partial charge < -0.3 is 10.2 Å². The maximum absolute atomic E-state index is 12.3. The number of aromatic nitrogens is 1. The zero-order chi connectivity index (χ0) is 17.5. The van der Waals surface area contributed by atoms with E-state index in [1.807, 2.05) is 44.2 Å². The van der Waals surface area contributed by atoms with E-state index >= 15 is 0 Å². The van der Waals surface area contributed by atoms with Crippen molar-refractivity contribution in [3.05, 3.63) is 60.9 Å². The summed E-state index contributed by atoms with van der Waals surface area (Å²) in [6.45, 7) is 8.27. The Morgan fingerprint density at radius 2 is 1.83 bits per heavy atom. The second-order valence-corrected chi connectivity index (χ2v) is 5.51. The molecule has 2 rings (SSSR count). The van der Waals surface area contributed by atoms with Gasteiger partial charge in [0.25, 0.3) is 0 Å². The molecule has 1 aromatic heterocycles. The first-order chi connectivity index (χ1) is 11.5. The van der Waals surface area contributed by atoms with Crippen LogP contribution in [0.15, 0.2) is 60.9 Å². The number of nitrogens with zero attached hydrogens (tertiary/aromatic N) is 2. The quantitative estimate of drug-likeness (QED) is 0.679. The van der Waals surface area contributed by atoms with Gasteiger partial charge in [0.05, 0.1) is 0 Å². The van der Waals surface area contributed by atoms with Gasteiger partial charge in [-0.3, -0.25) is 14.6 Å². The first-order valence-electron chi connectivity index (χ1n) is 7.77. The van der Waals surface area contributed by atoms with Crippen LogP contribution in [0.1, 0.15) is 13.8 Å². The highest BCUT2D eigenvalue weighted by Crippen LogP contribution is 2.27. The third-order valence-corrected chi connectivity index (χ3v) is 3.49. The average Bonchev–Trinajstić information content (AvgIpc) is 2.60. The topological polar surface area (TPSA) is 62.3 Å². The van der Waals surface area contributed by atoms with Crippen LogP contribution in [0.5, 0.6) is 0 Å². The summed E-state index contributed by atoms with van der Waals surface area (Å²) in [5.41, 5.74) is 3.18. The van der Waals surface area contributed by atoms with Crippen LogP contribution in [0.25, 0.3) is 11.1 Å². The molecule has 0 spiro atoms. The molecule has 5 nitrogen and oxygen atoms in total. The standard InChI is InChI=1S/C19H21N3O2/c1-4-22(13-14(2)3)19(24)18(23)21-17-8-6-5-7-16(17)15-9-11-20-12-10-15/h5-12H,2,4,13H2,1,3H3,(H,21,23). The van der Waals surface area contributed by atoms with Gasteiger partial charge in [-0.2, -0.15) is 0 Å². The third kappa shape index (κ3) is 4.29. The molecule has 1 N–H and O–H groups in total. The van der Waals surface area contributed by atoms with Crippen LogP contribution in [0.3, 0.4) is 0 Å². The van der Waals surface area contributed by atoms with E-state index in [4.69, 9.17) is 0 Å². The van der Waals surface area contributed by atoms with Crippen molar-refractivity contribution in [1.29, 1.82) is 0 Å². The van der Waals surface area contributed by atoms with Crippen molar-refractivity contribution in [2.75, 3.05) is 18.4 Å². The monoisotopic (exact) mass is 323 g/mol. The fraction of sp³-hybridized carbons (Fsp3) is 0.211. The van der Waals surface area contributed by atoms with Crippen LogP contribution in [-0.4, -0.2) is 34.8 Å². The number of amides is 2. The molecule has 0 saturated carbocycles. The fourth-order valence-electron chi connectivity index (χ4n) is 2.35. The van der Waals surface area contributed by atoms with E-state index in [-0.39, 0.29) is 0 Å². The van der Waals surface area contributed by atoms with Gasteiger partial charge in [0.2, 0.25) is 0 Å². The third-order valence-electron chi connectivity index (χ3n) is 3.49. The van der Waals surface area contributed by atoms with E-state index in [9.17, 15) is 9.59 Å². The highest BCUT2D eigenvalue weighted by molar-refractivity contribution is 6.39. The van der Waals surface area contributed by atoms with Crippen molar-refractivity contribution in [1.82, 2.24) is 9.88 Å². The summed E-state index contributed by atoms with van der Waals surface area (Å²) in [6, 6.07) is 11.1. The highest BCUT2D eigenvalue weighted by atomic mass is 16.2. The number of anilines is 1. The number of hydrogen-bond donors (Lipinski definition) is 1. The molecule has 5 heteroatoms. The number of carbonyl (C=O) groups excluding carboxylic acids is 2. The maximum atomic E-state index is 12.3. The van der Waals surface area contributed by atoms with Crippen molar-refractivity contribution >= 4 is 17.5 Å². The molecule has 2 aromatic rings. The summed E-state index contributed by atoms with van der Waals surface area (Å²) in [4.78, 5) is 30.1. The number of para-hydroxylation sites is 1. The predicted molar refractivity (Wildman–Crippen MR) is 95.4 cm³/mol. The van der Waals surface area contributed by atoms with Crippen LogP contribution in [0.4, 0.5) is 5.69 Å². The van der Waals surface area contributed by atoms with Crippen molar-refractivity contribution in [2.24, 2.45) is 0 Å². The van der Waals surface area contributed by atoms with Crippen molar-refractivity contribution in [2.45, 2.75) is 13.8 Å². The molecule has 0 aliphatic rings. The van der Waals surface area contributed by atoms with Gasteiger partial charge in [0, 0.05) is 36.7 Å². The number of hydrogen-bond acceptors (Lipinski definition) is 3. The highest BCUT2D eigenvalue weighted by Gasteiger charge is 2.21. The predicted octanol–water partition coefficient (Wildman–Crippen LogP) is 3.11. The van der Waals surface area contributed by atoms with Crippen LogP contribution < -0.4 is 5.32 Å². The normalized spacial score (nSPS) is 10.1. The molecular weight excluding hydrogens is 302 g/mol. The summed E-state index contributed by atoms with van der Waals surface area (Å²) in [5, 5.41) is 2.72. The molecule has 0 radical (unpaired) electrons. The maximum Gasteiger partial charge on any atom is 0.313 e. The first-order valence-corrected chi connectivity index (χ1v) is 7.77. The molecule has 124 valence electrons. The first kappa shape index (κ1) is 17.4.